The Morgan fingerprint density at radius 3 is 2.74 bits per heavy atom. The van der Waals surface area contributed by atoms with Crippen LogP contribution in [0.1, 0.15) is 24.8 Å². The van der Waals surface area contributed by atoms with E-state index in [2.05, 4.69) is 72.8 Å². The van der Waals surface area contributed by atoms with Crippen molar-refractivity contribution in [1.29, 1.82) is 0 Å². The highest BCUT2D eigenvalue weighted by Gasteiger charge is 2.28. The van der Waals surface area contributed by atoms with Crippen molar-refractivity contribution in [2.24, 2.45) is 18.0 Å². The molecule has 1 aliphatic heterocycles. The van der Waals surface area contributed by atoms with Gasteiger partial charge in [0.2, 0.25) is 0 Å². The van der Waals surface area contributed by atoms with E-state index in [0.717, 1.165) is 55.4 Å². The van der Waals surface area contributed by atoms with E-state index >= 15 is 0 Å². The molecule has 0 amide bonds. The molecule has 4 rings (SSSR count). The second-order valence-corrected chi connectivity index (χ2v) is 7.86. The van der Waals surface area contributed by atoms with Gasteiger partial charge >= 0.3 is 0 Å². The lowest BCUT2D eigenvalue weighted by Gasteiger charge is -2.39. The monoisotopic (exact) mass is 534 g/mol. The van der Waals surface area contributed by atoms with Crippen LogP contribution < -0.4 is 10.6 Å². The molecule has 8 nitrogen and oxygen atoms in total. The number of hydrogen-bond donors (Lipinski definition) is 2. The molecule has 0 radical (unpaired) electrons. The van der Waals surface area contributed by atoms with E-state index < -0.39 is 0 Å². The molecule has 0 aliphatic carbocycles. The number of piperidine rings is 1. The molecule has 9 heteroatoms. The van der Waals surface area contributed by atoms with Crippen molar-refractivity contribution in [3.63, 3.8) is 0 Å². The van der Waals surface area contributed by atoms with Gasteiger partial charge in [-0.05, 0) is 23.8 Å². The van der Waals surface area contributed by atoms with E-state index in [1.54, 1.807) is 17.2 Å². The predicted molar refractivity (Wildman–Crippen MR) is 136 cm³/mol. The predicted octanol–water partition coefficient (Wildman–Crippen LogP) is 3.09. The zero-order valence-corrected chi connectivity index (χ0v) is 20.7. The van der Waals surface area contributed by atoms with Gasteiger partial charge in [-0.2, -0.15) is 5.10 Å². The molecule has 2 atom stereocenters. The summed E-state index contributed by atoms with van der Waals surface area (Å²) in [4.78, 5) is 15.5. The number of nitrogens with zero attached hydrogens (tertiary/aromatic N) is 6. The zero-order chi connectivity index (χ0) is 20.9. The van der Waals surface area contributed by atoms with Crippen molar-refractivity contribution >= 4 is 46.8 Å². The molecule has 3 heterocycles. The van der Waals surface area contributed by atoms with Crippen LogP contribution in [0, 0.1) is 5.92 Å². The summed E-state index contributed by atoms with van der Waals surface area (Å²) in [6.45, 7) is 5.85. The van der Waals surface area contributed by atoms with Crippen molar-refractivity contribution in [1.82, 2.24) is 30.0 Å². The fourth-order valence-electron chi connectivity index (χ4n) is 4.32. The van der Waals surface area contributed by atoms with E-state index in [4.69, 9.17) is 0 Å². The maximum atomic E-state index is 4.51. The first-order valence-corrected chi connectivity index (χ1v) is 10.5. The van der Waals surface area contributed by atoms with Gasteiger partial charge in [-0.25, -0.2) is 9.97 Å². The van der Waals surface area contributed by atoms with E-state index in [1.165, 1.54) is 5.56 Å². The van der Waals surface area contributed by atoms with E-state index in [1.807, 2.05) is 14.1 Å². The van der Waals surface area contributed by atoms with Gasteiger partial charge in [0.15, 0.2) is 11.6 Å². The maximum Gasteiger partial charge on any atom is 0.193 e. The number of halogens is 1. The second kappa shape index (κ2) is 10.7. The Balaban J connectivity index is 0.00000272. The molecule has 0 bridgehead atoms. The quantitative estimate of drug-likeness (QED) is 0.227. The van der Waals surface area contributed by atoms with Gasteiger partial charge in [-0.3, -0.25) is 9.67 Å². The summed E-state index contributed by atoms with van der Waals surface area (Å²) in [5.74, 6) is 2.96. The summed E-state index contributed by atoms with van der Waals surface area (Å²) in [6.07, 6.45) is 4.50. The van der Waals surface area contributed by atoms with Crippen molar-refractivity contribution in [3.05, 3.63) is 48.4 Å². The fourth-order valence-corrected chi connectivity index (χ4v) is 4.32. The van der Waals surface area contributed by atoms with Gasteiger partial charge < -0.3 is 15.5 Å². The van der Waals surface area contributed by atoms with Gasteiger partial charge in [0.25, 0.3) is 0 Å². The highest BCUT2D eigenvalue weighted by Crippen LogP contribution is 2.32. The average molecular weight is 534 g/mol. The highest BCUT2D eigenvalue weighted by molar-refractivity contribution is 14.0. The van der Waals surface area contributed by atoms with E-state index in [0.29, 0.717) is 11.8 Å². The minimum Gasteiger partial charge on any atom is -0.368 e. The van der Waals surface area contributed by atoms with E-state index in [-0.39, 0.29) is 24.0 Å². The number of rotatable bonds is 5. The maximum absolute atomic E-state index is 4.51. The Bertz CT molecular complexity index is 1000. The Kier molecular flexibility index (Phi) is 8.05. The number of anilines is 1. The SMILES string of the molecule is CN=C(NCCNc1ncnc2c1cnn2C)N1CCC(c2ccccc2)C(C)C1.I. The molecule has 0 spiro atoms. The van der Waals surface area contributed by atoms with Crippen molar-refractivity contribution < 1.29 is 0 Å². The third-order valence-electron chi connectivity index (χ3n) is 5.87. The van der Waals surface area contributed by atoms with Crippen LogP contribution in [0.5, 0.6) is 0 Å². The Labute approximate surface area is 200 Å². The summed E-state index contributed by atoms with van der Waals surface area (Å²) in [5.41, 5.74) is 2.27. The number of fused-ring (bicyclic) bond motifs is 1. The molecule has 1 aromatic carbocycles. The Morgan fingerprint density at radius 2 is 2.00 bits per heavy atom. The number of aliphatic imine (C=N–C) groups is 1. The largest absolute Gasteiger partial charge is 0.368 e. The number of likely N-dealkylation sites (tertiary alicyclic amines) is 1. The van der Waals surface area contributed by atoms with E-state index in [9.17, 15) is 0 Å². The molecule has 31 heavy (non-hydrogen) atoms. The van der Waals surface area contributed by atoms with Gasteiger partial charge in [0.05, 0.1) is 11.6 Å². The van der Waals surface area contributed by atoms with Gasteiger partial charge in [0, 0.05) is 40.3 Å². The van der Waals surface area contributed by atoms with Crippen LogP contribution in [-0.2, 0) is 7.05 Å². The number of guanidine groups is 1. The van der Waals surface area contributed by atoms with Crippen LogP contribution in [0.15, 0.2) is 47.8 Å². The average Bonchev–Trinajstić information content (AvgIpc) is 3.16. The van der Waals surface area contributed by atoms with Crippen LogP contribution >= 0.6 is 24.0 Å². The van der Waals surface area contributed by atoms with Crippen molar-refractivity contribution in [2.75, 3.05) is 38.5 Å². The standard InChI is InChI=1S/C22H30N8.HI/c1-16-14-30(12-9-18(16)17-7-5-4-6-8-17)22(23-2)25-11-10-24-20-19-13-28-29(3)21(19)27-15-26-20;/h4-8,13,15-16,18H,9-12,14H2,1-3H3,(H,23,25)(H,24,26,27);1H. The molecule has 1 saturated heterocycles. The van der Waals surface area contributed by atoms with Crippen LogP contribution in [0.3, 0.4) is 0 Å². The van der Waals surface area contributed by atoms with Crippen LogP contribution in [0.25, 0.3) is 11.0 Å². The molecule has 2 unspecified atom stereocenters. The number of aromatic nitrogens is 4. The van der Waals surface area contributed by atoms with Crippen molar-refractivity contribution in [3.8, 4) is 0 Å². The van der Waals surface area contributed by atoms with Gasteiger partial charge in [-0.15, -0.1) is 24.0 Å². The van der Waals surface area contributed by atoms with Gasteiger partial charge in [-0.1, -0.05) is 37.3 Å². The molecular formula is C22H31IN8. The lowest BCUT2D eigenvalue weighted by Crippen LogP contribution is -2.48. The highest BCUT2D eigenvalue weighted by atomic mass is 127. The minimum absolute atomic E-state index is 0. The smallest absolute Gasteiger partial charge is 0.193 e. The zero-order valence-electron chi connectivity index (χ0n) is 18.3. The second-order valence-electron chi connectivity index (χ2n) is 7.86. The van der Waals surface area contributed by atoms with Crippen LogP contribution in [0.4, 0.5) is 5.82 Å². The molecule has 2 aromatic heterocycles. The first-order valence-electron chi connectivity index (χ1n) is 10.5. The number of aryl methyl sites for hydroxylation is 1. The number of hydrogen-bond acceptors (Lipinski definition) is 5. The van der Waals surface area contributed by atoms with Crippen molar-refractivity contribution in [2.45, 2.75) is 19.3 Å². The summed E-state index contributed by atoms with van der Waals surface area (Å²) < 4.78 is 1.75. The van der Waals surface area contributed by atoms with Crippen LogP contribution in [0.2, 0.25) is 0 Å². The molecule has 3 aromatic rings. The Hall–Kier alpha value is -2.43. The van der Waals surface area contributed by atoms with Gasteiger partial charge in [0.1, 0.15) is 12.1 Å². The summed E-state index contributed by atoms with van der Waals surface area (Å²) in [5, 5.41) is 12.1. The summed E-state index contributed by atoms with van der Waals surface area (Å²) in [6, 6.07) is 10.9. The normalized spacial score (nSPS) is 19.2. The van der Waals surface area contributed by atoms with Crippen LogP contribution in [-0.4, -0.2) is 63.8 Å². The molecule has 1 fully saturated rings. The fraction of sp³-hybridized carbons (Fsp3) is 0.455. The first-order chi connectivity index (χ1) is 14.7. The molecule has 2 N–H and O–H groups in total. The molecule has 166 valence electrons. The lowest BCUT2D eigenvalue weighted by molar-refractivity contribution is 0.235. The molecule has 1 aliphatic rings. The third-order valence-corrected chi connectivity index (χ3v) is 5.87. The summed E-state index contributed by atoms with van der Waals surface area (Å²) in [7, 11) is 3.74. The molecular weight excluding hydrogens is 503 g/mol. The minimum atomic E-state index is 0. The number of benzene rings is 1. The lowest BCUT2D eigenvalue weighted by atomic mass is 9.82. The topological polar surface area (TPSA) is 83.3 Å². The Morgan fingerprint density at radius 1 is 1.19 bits per heavy atom. The first kappa shape index (κ1) is 23.2. The number of nitrogens with one attached hydrogen (secondary N) is 2. The molecule has 0 saturated carbocycles. The summed E-state index contributed by atoms with van der Waals surface area (Å²) >= 11 is 0. The third kappa shape index (κ3) is 5.25.